The summed E-state index contributed by atoms with van der Waals surface area (Å²) >= 11 is 12.2. The summed E-state index contributed by atoms with van der Waals surface area (Å²) in [6.07, 6.45) is 0.967. The van der Waals surface area contributed by atoms with Gasteiger partial charge in [-0.25, -0.2) is 8.42 Å². The molecular weight excluding hydrogens is 457 g/mol. The van der Waals surface area contributed by atoms with E-state index in [0.29, 0.717) is 42.5 Å². The maximum atomic E-state index is 12.8. The first kappa shape index (κ1) is 24.0. The Morgan fingerprint density at radius 2 is 1.71 bits per heavy atom. The van der Waals surface area contributed by atoms with Crippen LogP contribution in [0.1, 0.15) is 24.4 Å². The number of benzene rings is 2. The van der Waals surface area contributed by atoms with Crippen molar-refractivity contribution < 1.29 is 13.2 Å². The molecule has 1 heterocycles. The van der Waals surface area contributed by atoms with Crippen LogP contribution >= 0.6 is 23.2 Å². The first-order valence-corrected chi connectivity index (χ1v) is 12.3. The number of sulfonamides is 1. The van der Waals surface area contributed by atoms with E-state index in [2.05, 4.69) is 5.32 Å². The molecule has 1 fully saturated rings. The van der Waals surface area contributed by atoms with Crippen LogP contribution in [0.4, 0.5) is 0 Å². The van der Waals surface area contributed by atoms with Gasteiger partial charge in [-0.1, -0.05) is 41.4 Å². The Hall–Kier alpha value is -1.64. The Bertz CT molecular complexity index is 1000. The van der Waals surface area contributed by atoms with Gasteiger partial charge < -0.3 is 10.2 Å². The van der Waals surface area contributed by atoms with Gasteiger partial charge in [-0.2, -0.15) is 4.31 Å². The molecule has 0 saturated carbocycles. The average molecular weight is 484 g/mol. The molecule has 2 aromatic carbocycles. The highest BCUT2D eigenvalue weighted by Crippen LogP contribution is 2.27. The van der Waals surface area contributed by atoms with Crippen molar-refractivity contribution in [3.05, 3.63) is 64.1 Å². The third-order valence-corrected chi connectivity index (χ3v) is 8.14. The smallest absolute Gasteiger partial charge is 0.243 e. The highest BCUT2D eigenvalue weighted by atomic mass is 35.5. The molecule has 2 aromatic rings. The molecule has 9 heteroatoms. The maximum absolute atomic E-state index is 12.8. The van der Waals surface area contributed by atoms with Crippen molar-refractivity contribution >= 4 is 39.1 Å². The van der Waals surface area contributed by atoms with Crippen molar-refractivity contribution in [3.63, 3.8) is 0 Å². The lowest BCUT2D eigenvalue weighted by Gasteiger charge is -2.31. The molecule has 1 atom stereocenters. The number of rotatable bonds is 7. The first-order chi connectivity index (χ1) is 14.7. The Kier molecular flexibility index (Phi) is 7.99. The summed E-state index contributed by atoms with van der Waals surface area (Å²) in [5.74, 6) is -0.270. The highest BCUT2D eigenvalue weighted by Gasteiger charge is 2.32. The van der Waals surface area contributed by atoms with E-state index in [9.17, 15) is 13.2 Å². The van der Waals surface area contributed by atoms with Crippen molar-refractivity contribution in [3.8, 4) is 0 Å². The molecule has 0 bridgehead atoms. The second-order valence-corrected chi connectivity index (χ2v) is 10.7. The van der Waals surface area contributed by atoms with Crippen LogP contribution in [0.25, 0.3) is 0 Å². The van der Waals surface area contributed by atoms with Gasteiger partial charge in [0.25, 0.3) is 0 Å². The van der Waals surface area contributed by atoms with Gasteiger partial charge in [-0.3, -0.25) is 4.79 Å². The molecule has 168 valence electrons. The molecule has 31 heavy (non-hydrogen) atoms. The fourth-order valence-corrected chi connectivity index (χ4v) is 5.63. The summed E-state index contributed by atoms with van der Waals surface area (Å²) in [5.41, 5.74) is 0.957. The number of hydrogen-bond acceptors (Lipinski definition) is 4. The second-order valence-electron chi connectivity index (χ2n) is 7.88. The molecule has 0 aromatic heterocycles. The van der Waals surface area contributed by atoms with Crippen LogP contribution in [0, 0.1) is 5.92 Å². The van der Waals surface area contributed by atoms with E-state index in [1.165, 1.54) is 16.4 Å². The third kappa shape index (κ3) is 5.79. The van der Waals surface area contributed by atoms with Crippen LogP contribution in [0.15, 0.2) is 53.4 Å². The molecule has 1 N–H and O–H groups in total. The van der Waals surface area contributed by atoms with E-state index in [4.69, 9.17) is 23.2 Å². The largest absolute Gasteiger partial charge is 0.354 e. The zero-order valence-corrected chi connectivity index (χ0v) is 19.9. The van der Waals surface area contributed by atoms with Crippen LogP contribution in [-0.4, -0.2) is 57.3 Å². The molecule has 3 rings (SSSR count). The number of carbonyl (C=O) groups is 1. The standard InChI is InChI=1S/C22H27Cl2N3O3S/c1-26(2)21(19-5-3-4-6-20(19)24)15-25-22(28)16-11-13-27(14-12-16)31(29,30)18-9-7-17(23)8-10-18/h3-10,16,21H,11-15H2,1-2H3,(H,25,28). The summed E-state index contributed by atoms with van der Waals surface area (Å²) < 4.78 is 27.1. The SMILES string of the molecule is CN(C)C(CNC(=O)C1CCN(S(=O)(=O)c2ccc(Cl)cc2)CC1)c1ccccc1Cl. The molecule has 1 saturated heterocycles. The molecule has 6 nitrogen and oxygen atoms in total. The third-order valence-electron chi connectivity index (χ3n) is 5.63. The summed E-state index contributed by atoms with van der Waals surface area (Å²) in [6.45, 7) is 1.05. The van der Waals surface area contributed by atoms with Crippen molar-refractivity contribution in [1.82, 2.24) is 14.5 Å². The molecule has 1 amide bonds. The van der Waals surface area contributed by atoms with Gasteiger partial charge in [0.05, 0.1) is 10.9 Å². The average Bonchev–Trinajstić information content (AvgIpc) is 2.75. The number of amides is 1. The number of piperidine rings is 1. The minimum absolute atomic E-state index is 0.0528. The van der Waals surface area contributed by atoms with Gasteiger partial charge in [0.1, 0.15) is 0 Å². The molecule has 0 spiro atoms. The number of nitrogens with zero attached hydrogens (tertiary/aromatic N) is 2. The van der Waals surface area contributed by atoms with Crippen LogP contribution in [0.5, 0.6) is 0 Å². The number of likely N-dealkylation sites (N-methyl/N-ethyl adjacent to an activating group) is 1. The summed E-state index contributed by atoms with van der Waals surface area (Å²) in [7, 11) is 0.305. The Balaban J connectivity index is 1.57. The van der Waals surface area contributed by atoms with E-state index in [1.807, 2.05) is 43.3 Å². The van der Waals surface area contributed by atoms with Gasteiger partial charge in [-0.05, 0) is 62.8 Å². The van der Waals surface area contributed by atoms with Crippen molar-refractivity contribution in [1.29, 1.82) is 0 Å². The van der Waals surface area contributed by atoms with E-state index < -0.39 is 10.0 Å². The van der Waals surface area contributed by atoms with Crippen LogP contribution < -0.4 is 5.32 Å². The fourth-order valence-electron chi connectivity index (χ4n) is 3.77. The molecule has 0 aliphatic carbocycles. The van der Waals surface area contributed by atoms with E-state index >= 15 is 0 Å². The van der Waals surface area contributed by atoms with Gasteiger partial charge >= 0.3 is 0 Å². The van der Waals surface area contributed by atoms with Crippen LogP contribution in [-0.2, 0) is 14.8 Å². The van der Waals surface area contributed by atoms with Gasteiger partial charge in [0.2, 0.25) is 15.9 Å². The number of halogens is 2. The lowest BCUT2D eigenvalue weighted by Crippen LogP contribution is -2.44. The van der Waals surface area contributed by atoms with Crippen molar-refractivity contribution in [2.45, 2.75) is 23.8 Å². The summed E-state index contributed by atoms with van der Waals surface area (Å²) in [4.78, 5) is 15.0. The Labute approximate surface area is 194 Å². The predicted molar refractivity (Wildman–Crippen MR) is 124 cm³/mol. The predicted octanol–water partition coefficient (Wildman–Crippen LogP) is 3.81. The van der Waals surface area contributed by atoms with Crippen LogP contribution in [0.3, 0.4) is 0 Å². The van der Waals surface area contributed by atoms with E-state index in [-0.39, 0.29) is 22.8 Å². The van der Waals surface area contributed by atoms with Crippen molar-refractivity contribution in [2.24, 2.45) is 5.92 Å². The highest BCUT2D eigenvalue weighted by molar-refractivity contribution is 7.89. The quantitative estimate of drug-likeness (QED) is 0.649. The maximum Gasteiger partial charge on any atom is 0.243 e. The number of carbonyl (C=O) groups excluding carboxylic acids is 1. The number of nitrogens with one attached hydrogen (secondary N) is 1. The normalized spacial score (nSPS) is 16.9. The molecule has 1 aliphatic heterocycles. The zero-order chi connectivity index (χ0) is 22.6. The summed E-state index contributed by atoms with van der Waals surface area (Å²) in [6, 6.07) is 13.7. The summed E-state index contributed by atoms with van der Waals surface area (Å²) in [5, 5.41) is 4.18. The van der Waals surface area contributed by atoms with Crippen LogP contribution in [0.2, 0.25) is 10.0 Å². The fraction of sp³-hybridized carbons (Fsp3) is 0.409. The molecular formula is C22H27Cl2N3O3S. The lowest BCUT2D eigenvalue weighted by molar-refractivity contribution is -0.126. The Morgan fingerprint density at radius 1 is 1.10 bits per heavy atom. The van der Waals surface area contributed by atoms with Crippen molar-refractivity contribution in [2.75, 3.05) is 33.7 Å². The molecule has 1 unspecified atom stereocenters. The van der Waals surface area contributed by atoms with E-state index in [0.717, 1.165) is 5.56 Å². The monoisotopic (exact) mass is 483 g/mol. The van der Waals surface area contributed by atoms with Gasteiger partial charge in [0, 0.05) is 35.6 Å². The zero-order valence-electron chi connectivity index (χ0n) is 17.6. The Morgan fingerprint density at radius 3 is 2.29 bits per heavy atom. The topological polar surface area (TPSA) is 69.7 Å². The molecule has 1 aliphatic rings. The second kappa shape index (κ2) is 10.3. The van der Waals surface area contributed by atoms with Gasteiger partial charge in [0.15, 0.2) is 0 Å². The van der Waals surface area contributed by atoms with E-state index in [1.54, 1.807) is 12.1 Å². The minimum Gasteiger partial charge on any atom is -0.354 e. The van der Waals surface area contributed by atoms with Gasteiger partial charge in [-0.15, -0.1) is 0 Å². The molecule has 0 radical (unpaired) electrons. The minimum atomic E-state index is -3.58. The first-order valence-electron chi connectivity index (χ1n) is 10.1. The number of hydrogen-bond donors (Lipinski definition) is 1. The lowest BCUT2D eigenvalue weighted by atomic mass is 9.97.